The summed E-state index contributed by atoms with van der Waals surface area (Å²) in [5.41, 5.74) is 0.289. The van der Waals surface area contributed by atoms with Gasteiger partial charge in [0, 0.05) is 12.3 Å². The Bertz CT molecular complexity index is 1310. The second kappa shape index (κ2) is 10.0. The van der Waals surface area contributed by atoms with Gasteiger partial charge in [-0.05, 0) is 16.7 Å². The van der Waals surface area contributed by atoms with Crippen LogP contribution in [0.2, 0.25) is 0 Å². The van der Waals surface area contributed by atoms with Crippen LogP contribution in [0.25, 0.3) is 0 Å². The maximum Gasteiger partial charge on any atom is 0.330 e. The molecule has 1 aromatic heterocycles. The summed E-state index contributed by atoms with van der Waals surface area (Å²) in [7, 11) is 0. The Morgan fingerprint density at radius 2 is 1.28 bits per heavy atom. The van der Waals surface area contributed by atoms with Gasteiger partial charge in [-0.2, -0.15) is 0 Å². The number of H-pyrrole nitrogens is 1. The Labute approximate surface area is 207 Å². The van der Waals surface area contributed by atoms with E-state index in [1.807, 2.05) is 91.0 Å². The van der Waals surface area contributed by atoms with Crippen molar-refractivity contribution >= 4 is 0 Å². The van der Waals surface area contributed by atoms with Crippen molar-refractivity contribution in [2.75, 3.05) is 6.61 Å². The number of ether oxygens (including phenoxy) is 2. The number of aromatic amines is 1. The lowest BCUT2D eigenvalue weighted by Gasteiger charge is -2.37. The fourth-order valence-corrected chi connectivity index (χ4v) is 4.70. The van der Waals surface area contributed by atoms with Crippen LogP contribution in [-0.4, -0.2) is 44.7 Å². The van der Waals surface area contributed by atoms with Gasteiger partial charge in [-0.15, -0.1) is 0 Å². The highest BCUT2D eigenvalue weighted by Gasteiger charge is 2.46. The number of nitrogens with zero attached hydrogens (tertiary/aromatic N) is 1. The zero-order chi connectivity index (χ0) is 25.1. The molecule has 1 fully saturated rings. The normalized spacial score (nSPS) is 21.9. The first-order valence-corrected chi connectivity index (χ1v) is 11.6. The molecule has 1 saturated heterocycles. The molecule has 0 aliphatic carbocycles. The van der Waals surface area contributed by atoms with Crippen molar-refractivity contribution in [2.24, 2.45) is 0 Å². The van der Waals surface area contributed by atoms with E-state index in [1.165, 1.54) is 6.20 Å². The molecular weight excluding hydrogens is 460 g/mol. The molecule has 184 valence electrons. The Morgan fingerprint density at radius 3 is 1.75 bits per heavy atom. The maximum atomic E-state index is 12.3. The van der Waals surface area contributed by atoms with Crippen LogP contribution in [0.1, 0.15) is 22.9 Å². The topological polar surface area (TPSA) is 114 Å². The van der Waals surface area contributed by atoms with Gasteiger partial charge >= 0.3 is 5.69 Å². The van der Waals surface area contributed by atoms with Crippen molar-refractivity contribution in [3.63, 3.8) is 0 Å². The highest BCUT2D eigenvalue weighted by molar-refractivity contribution is 5.47. The maximum absolute atomic E-state index is 12.3. The van der Waals surface area contributed by atoms with E-state index in [1.54, 1.807) is 0 Å². The van der Waals surface area contributed by atoms with E-state index in [4.69, 9.17) is 9.47 Å². The van der Waals surface area contributed by atoms with Gasteiger partial charge in [0.2, 0.25) is 0 Å². The molecule has 1 aliphatic heterocycles. The molecule has 0 amide bonds. The number of aliphatic hydroxyl groups excluding tert-OH is 2. The molecule has 8 heteroatoms. The minimum Gasteiger partial charge on any atom is -0.387 e. The van der Waals surface area contributed by atoms with E-state index in [-0.39, 0.29) is 6.61 Å². The first-order chi connectivity index (χ1) is 17.5. The van der Waals surface area contributed by atoms with Gasteiger partial charge in [-0.1, -0.05) is 91.0 Å². The molecule has 8 nitrogen and oxygen atoms in total. The number of aromatic nitrogens is 2. The quantitative estimate of drug-likeness (QED) is 0.345. The van der Waals surface area contributed by atoms with Crippen LogP contribution in [0.3, 0.4) is 0 Å². The molecule has 4 aromatic rings. The average Bonchev–Trinajstić information content (AvgIpc) is 3.19. The van der Waals surface area contributed by atoms with Crippen molar-refractivity contribution in [1.82, 2.24) is 9.55 Å². The molecular formula is C28H26N2O6. The summed E-state index contributed by atoms with van der Waals surface area (Å²) in [5.74, 6) is 0. The van der Waals surface area contributed by atoms with Gasteiger partial charge in [0.05, 0.1) is 6.61 Å². The van der Waals surface area contributed by atoms with Gasteiger partial charge in [-0.3, -0.25) is 14.3 Å². The van der Waals surface area contributed by atoms with E-state index in [0.717, 1.165) is 27.3 Å². The van der Waals surface area contributed by atoms with Crippen molar-refractivity contribution in [1.29, 1.82) is 0 Å². The molecule has 0 saturated carbocycles. The van der Waals surface area contributed by atoms with Crippen LogP contribution >= 0.6 is 0 Å². The molecule has 0 radical (unpaired) electrons. The molecule has 3 aromatic carbocycles. The van der Waals surface area contributed by atoms with Gasteiger partial charge in [0.25, 0.3) is 5.56 Å². The van der Waals surface area contributed by atoms with Crippen LogP contribution in [0, 0.1) is 0 Å². The van der Waals surface area contributed by atoms with Crippen LogP contribution in [0.4, 0.5) is 0 Å². The number of aliphatic hydroxyl groups is 2. The molecule has 36 heavy (non-hydrogen) atoms. The lowest BCUT2D eigenvalue weighted by atomic mass is 9.80. The predicted octanol–water partition coefficient (Wildman–Crippen LogP) is 2.16. The summed E-state index contributed by atoms with van der Waals surface area (Å²) >= 11 is 0. The molecule has 2 heterocycles. The van der Waals surface area contributed by atoms with Gasteiger partial charge < -0.3 is 19.7 Å². The van der Waals surface area contributed by atoms with Crippen molar-refractivity contribution in [3.8, 4) is 0 Å². The van der Waals surface area contributed by atoms with E-state index >= 15 is 0 Å². The standard InChI is InChI=1S/C28H26N2O6/c31-23-16-17-30(27(34)29-23)26-25(33)24(32)22(36-26)18-35-28(19-10-4-1-5-11-19,20-12-6-2-7-13-20)21-14-8-3-9-15-21/h1-17,22,24-26,32-33H,18H2,(H,29,31,34)/t22?,24?,25?,26-/m1/s1. The Kier molecular flexibility index (Phi) is 6.67. The Balaban J connectivity index is 1.52. The molecule has 3 unspecified atom stereocenters. The SMILES string of the molecule is O=c1ccn([C@@H]2OC(COC(c3ccccc3)(c3ccccc3)c3ccccc3)C(O)C2O)c(=O)[nH]1. The van der Waals surface area contributed by atoms with Crippen molar-refractivity contribution in [3.05, 3.63) is 141 Å². The number of benzene rings is 3. The molecule has 0 spiro atoms. The van der Waals surface area contributed by atoms with Crippen LogP contribution in [0.15, 0.2) is 113 Å². The third kappa shape index (κ3) is 4.31. The number of rotatable bonds is 7. The summed E-state index contributed by atoms with van der Waals surface area (Å²) in [4.78, 5) is 25.8. The Hall–Kier alpha value is -3.82. The molecule has 1 aliphatic rings. The molecule has 4 atom stereocenters. The molecule has 3 N–H and O–H groups in total. The van der Waals surface area contributed by atoms with Crippen LogP contribution in [-0.2, 0) is 15.1 Å². The lowest BCUT2D eigenvalue weighted by Crippen LogP contribution is -2.40. The average molecular weight is 487 g/mol. The third-order valence-electron chi connectivity index (χ3n) is 6.47. The fourth-order valence-electron chi connectivity index (χ4n) is 4.70. The molecule has 5 rings (SSSR count). The zero-order valence-electron chi connectivity index (χ0n) is 19.3. The summed E-state index contributed by atoms with van der Waals surface area (Å²) in [6.45, 7) is -0.0918. The van der Waals surface area contributed by atoms with Gasteiger partial charge in [0.1, 0.15) is 23.9 Å². The summed E-state index contributed by atoms with van der Waals surface area (Å²) < 4.78 is 13.6. The van der Waals surface area contributed by atoms with Crippen LogP contribution < -0.4 is 11.2 Å². The minimum absolute atomic E-state index is 0.0918. The molecule has 0 bridgehead atoms. The predicted molar refractivity (Wildman–Crippen MR) is 132 cm³/mol. The smallest absolute Gasteiger partial charge is 0.330 e. The Morgan fingerprint density at radius 1 is 0.778 bits per heavy atom. The largest absolute Gasteiger partial charge is 0.387 e. The third-order valence-corrected chi connectivity index (χ3v) is 6.47. The van der Waals surface area contributed by atoms with Crippen molar-refractivity contribution in [2.45, 2.75) is 30.1 Å². The zero-order valence-corrected chi connectivity index (χ0v) is 19.3. The lowest BCUT2D eigenvalue weighted by molar-refractivity contribution is -0.0958. The summed E-state index contributed by atoms with van der Waals surface area (Å²) in [6, 6.07) is 30.4. The van der Waals surface area contributed by atoms with E-state index < -0.39 is 41.4 Å². The summed E-state index contributed by atoms with van der Waals surface area (Å²) in [6.07, 6.45) is -3.62. The van der Waals surface area contributed by atoms with E-state index in [2.05, 4.69) is 4.98 Å². The van der Waals surface area contributed by atoms with Crippen molar-refractivity contribution < 1.29 is 19.7 Å². The van der Waals surface area contributed by atoms with Gasteiger partial charge in [-0.25, -0.2) is 4.79 Å². The number of hydrogen-bond donors (Lipinski definition) is 3. The van der Waals surface area contributed by atoms with E-state index in [0.29, 0.717) is 0 Å². The highest BCUT2D eigenvalue weighted by atomic mass is 16.6. The minimum atomic E-state index is -1.40. The first kappa shape index (κ1) is 23.9. The monoisotopic (exact) mass is 486 g/mol. The second-order valence-electron chi connectivity index (χ2n) is 8.65. The van der Waals surface area contributed by atoms with Gasteiger partial charge in [0.15, 0.2) is 6.23 Å². The highest BCUT2D eigenvalue weighted by Crippen LogP contribution is 2.41. The fraction of sp³-hybridized carbons (Fsp3) is 0.214. The number of nitrogens with one attached hydrogen (secondary N) is 1. The summed E-state index contributed by atoms with van der Waals surface area (Å²) in [5, 5.41) is 21.5. The van der Waals surface area contributed by atoms with Crippen LogP contribution in [0.5, 0.6) is 0 Å². The second-order valence-corrected chi connectivity index (χ2v) is 8.65. The van der Waals surface area contributed by atoms with E-state index in [9.17, 15) is 19.8 Å². The number of hydrogen-bond acceptors (Lipinski definition) is 6. The first-order valence-electron chi connectivity index (χ1n) is 11.6.